The lowest BCUT2D eigenvalue weighted by Crippen LogP contribution is -2.35. The van der Waals surface area contributed by atoms with Gasteiger partial charge in [0.2, 0.25) is 10.0 Å². The van der Waals surface area contributed by atoms with Crippen LogP contribution in [0.3, 0.4) is 0 Å². The van der Waals surface area contributed by atoms with Crippen LogP contribution in [0, 0.1) is 5.92 Å². The third kappa shape index (κ3) is 3.95. The summed E-state index contributed by atoms with van der Waals surface area (Å²) in [6.07, 6.45) is 3.87. The maximum atomic E-state index is 12.4. The summed E-state index contributed by atoms with van der Waals surface area (Å²) in [5, 5.41) is 8.87. The Morgan fingerprint density at radius 2 is 2.14 bits per heavy atom. The van der Waals surface area contributed by atoms with E-state index in [4.69, 9.17) is 10.8 Å². The van der Waals surface area contributed by atoms with Crippen LogP contribution >= 0.6 is 0 Å². The van der Waals surface area contributed by atoms with Crippen molar-refractivity contribution in [2.24, 2.45) is 5.92 Å². The van der Waals surface area contributed by atoms with Gasteiger partial charge in [-0.1, -0.05) is 19.8 Å². The predicted octanol–water partition coefficient (Wildman–Crippen LogP) is 1.82. The molecule has 1 fully saturated rings. The van der Waals surface area contributed by atoms with Crippen molar-refractivity contribution >= 4 is 21.7 Å². The second-order valence-electron chi connectivity index (χ2n) is 5.46. The zero-order valence-electron chi connectivity index (χ0n) is 11.9. The molecule has 1 aromatic rings. The van der Waals surface area contributed by atoms with Crippen LogP contribution in [0.15, 0.2) is 23.1 Å². The highest BCUT2D eigenvalue weighted by Crippen LogP contribution is 2.34. The van der Waals surface area contributed by atoms with Crippen molar-refractivity contribution in [2.75, 3.05) is 5.73 Å². The summed E-state index contributed by atoms with van der Waals surface area (Å²) in [5.41, 5.74) is 5.61. The molecule has 1 aromatic carbocycles. The number of carbonyl (C=O) groups is 1. The van der Waals surface area contributed by atoms with Crippen molar-refractivity contribution in [3.05, 3.63) is 23.8 Å². The van der Waals surface area contributed by atoms with E-state index in [0.29, 0.717) is 12.3 Å². The lowest BCUT2D eigenvalue weighted by molar-refractivity contribution is 0.0697. The Morgan fingerprint density at radius 3 is 2.62 bits per heavy atom. The normalized spacial score (nSPS) is 16.6. The van der Waals surface area contributed by atoms with E-state index in [-0.39, 0.29) is 22.2 Å². The molecule has 4 N–H and O–H groups in total. The summed E-state index contributed by atoms with van der Waals surface area (Å²) in [6, 6.07) is 3.54. The second-order valence-corrected chi connectivity index (χ2v) is 7.15. The van der Waals surface area contributed by atoms with Gasteiger partial charge in [0, 0.05) is 6.04 Å². The van der Waals surface area contributed by atoms with Gasteiger partial charge in [0.1, 0.15) is 4.90 Å². The molecule has 21 heavy (non-hydrogen) atoms. The van der Waals surface area contributed by atoms with E-state index in [0.717, 1.165) is 19.3 Å². The van der Waals surface area contributed by atoms with E-state index in [1.807, 2.05) is 6.92 Å². The van der Waals surface area contributed by atoms with Crippen molar-refractivity contribution in [1.82, 2.24) is 4.72 Å². The average Bonchev–Trinajstić information content (AvgIpc) is 3.21. The van der Waals surface area contributed by atoms with E-state index in [1.165, 1.54) is 18.2 Å². The Hall–Kier alpha value is -1.60. The summed E-state index contributed by atoms with van der Waals surface area (Å²) < 4.78 is 27.4. The van der Waals surface area contributed by atoms with Crippen LogP contribution in [0.25, 0.3) is 0 Å². The fourth-order valence-electron chi connectivity index (χ4n) is 2.26. The van der Waals surface area contributed by atoms with Gasteiger partial charge in [-0.05, 0) is 37.0 Å². The van der Waals surface area contributed by atoms with Gasteiger partial charge >= 0.3 is 5.97 Å². The third-order valence-corrected chi connectivity index (χ3v) is 5.27. The van der Waals surface area contributed by atoms with Gasteiger partial charge < -0.3 is 10.8 Å². The van der Waals surface area contributed by atoms with Gasteiger partial charge in [-0.25, -0.2) is 17.9 Å². The van der Waals surface area contributed by atoms with Crippen molar-refractivity contribution in [2.45, 2.75) is 43.5 Å². The Balaban J connectivity index is 2.19. The summed E-state index contributed by atoms with van der Waals surface area (Å²) in [6.45, 7) is 1.94. The topological polar surface area (TPSA) is 109 Å². The minimum absolute atomic E-state index is 0.0310. The first-order valence-corrected chi connectivity index (χ1v) is 8.47. The van der Waals surface area contributed by atoms with Crippen LogP contribution in [0.1, 0.15) is 43.0 Å². The molecule has 1 aliphatic rings. The molecular formula is C14H20N2O4S. The quantitative estimate of drug-likeness (QED) is 0.665. The first-order chi connectivity index (χ1) is 9.83. The lowest BCUT2D eigenvalue weighted by Gasteiger charge is -2.17. The summed E-state index contributed by atoms with van der Waals surface area (Å²) >= 11 is 0. The second kappa shape index (κ2) is 6.03. The molecule has 0 amide bonds. The molecule has 7 heteroatoms. The Morgan fingerprint density at radius 1 is 1.48 bits per heavy atom. The van der Waals surface area contributed by atoms with Gasteiger partial charge in [-0.15, -0.1) is 0 Å². The largest absolute Gasteiger partial charge is 0.478 e. The molecular weight excluding hydrogens is 292 g/mol. The van der Waals surface area contributed by atoms with Crippen molar-refractivity contribution < 1.29 is 18.3 Å². The van der Waals surface area contributed by atoms with E-state index >= 15 is 0 Å². The summed E-state index contributed by atoms with van der Waals surface area (Å²) in [4.78, 5) is 10.8. The number of carboxylic acid groups (broad SMARTS) is 1. The van der Waals surface area contributed by atoms with E-state index in [1.54, 1.807) is 0 Å². The minimum Gasteiger partial charge on any atom is -0.478 e. The number of rotatable bonds is 7. The van der Waals surface area contributed by atoms with Crippen molar-refractivity contribution in [1.29, 1.82) is 0 Å². The van der Waals surface area contributed by atoms with Crippen LogP contribution in [-0.2, 0) is 10.0 Å². The Kier molecular flexibility index (Phi) is 4.53. The number of benzene rings is 1. The zero-order chi connectivity index (χ0) is 15.6. The van der Waals surface area contributed by atoms with Crippen LogP contribution < -0.4 is 10.5 Å². The van der Waals surface area contributed by atoms with Crippen LogP contribution in [0.4, 0.5) is 5.69 Å². The molecule has 1 aliphatic carbocycles. The van der Waals surface area contributed by atoms with Gasteiger partial charge in [0.25, 0.3) is 0 Å². The smallest absolute Gasteiger partial charge is 0.335 e. The minimum atomic E-state index is -3.73. The molecule has 0 spiro atoms. The summed E-state index contributed by atoms with van der Waals surface area (Å²) in [5.74, 6) is -0.525. The number of anilines is 1. The van der Waals surface area contributed by atoms with Gasteiger partial charge in [-0.2, -0.15) is 0 Å². The highest BCUT2D eigenvalue weighted by Gasteiger charge is 2.28. The van der Waals surface area contributed by atoms with Gasteiger partial charge in [0.05, 0.1) is 11.3 Å². The molecule has 0 aromatic heterocycles. The van der Waals surface area contributed by atoms with Crippen LogP contribution in [-0.4, -0.2) is 25.5 Å². The predicted molar refractivity (Wildman–Crippen MR) is 79.6 cm³/mol. The number of carboxylic acids is 1. The monoisotopic (exact) mass is 312 g/mol. The molecule has 2 rings (SSSR count). The van der Waals surface area contributed by atoms with E-state index < -0.39 is 16.0 Å². The van der Waals surface area contributed by atoms with Gasteiger partial charge in [-0.3, -0.25) is 0 Å². The first-order valence-electron chi connectivity index (χ1n) is 6.98. The van der Waals surface area contributed by atoms with Crippen molar-refractivity contribution in [3.8, 4) is 0 Å². The number of hydrogen-bond donors (Lipinski definition) is 3. The SMILES string of the molecule is CCC(CC1CC1)NS(=O)(=O)c1ccc(C(=O)O)cc1N. The first kappa shape index (κ1) is 15.8. The molecule has 0 heterocycles. The molecule has 0 bridgehead atoms. The maximum absolute atomic E-state index is 12.4. The molecule has 6 nitrogen and oxygen atoms in total. The highest BCUT2D eigenvalue weighted by atomic mass is 32.2. The van der Waals surface area contributed by atoms with Gasteiger partial charge in [0.15, 0.2) is 0 Å². The number of sulfonamides is 1. The summed E-state index contributed by atoms with van der Waals surface area (Å²) in [7, 11) is -3.73. The Labute approximate surface area is 124 Å². The van der Waals surface area contributed by atoms with Crippen LogP contribution in [0.2, 0.25) is 0 Å². The molecule has 1 atom stereocenters. The molecule has 116 valence electrons. The highest BCUT2D eigenvalue weighted by molar-refractivity contribution is 7.89. The molecule has 1 saturated carbocycles. The fraction of sp³-hybridized carbons (Fsp3) is 0.500. The number of aromatic carboxylic acids is 1. The molecule has 0 aliphatic heterocycles. The number of hydrogen-bond acceptors (Lipinski definition) is 4. The van der Waals surface area contributed by atoms with E-state index in [2.05, 4.69) is 4.72 Å². The number of nitrogens with one attached hydrogen (secondary N) is 1. The maximum Gasteiger partial charge on any atom is 0.335 e. The third-order valence-electron chi connectivity index (χ3n) is 3.68. The lowest BCUT2D eigenvalue weighted by atomic mass is 10.1. The molecule has 0 saturated heterocycles. The average molecular weight is 312 g/mol. The standard InChI is InChI=1S/C14H20N2O4S/c1-2-11(7-9-3-4-9)16-21(19,20)13-6-5-10(14(17)18)8-12(13)15/h5-6,8-9,11,16H,2-4,7,15H2,1H3,(H,17,18). The van der Waals surface area contributed by atoms with Crippen LogP contribution in [0.5, 0.6) is 0 Å². The zero-order valence-corrected chi connectivity index (χ0v) is 12.7. The fourth-order valence-corrected chi connectivity index (χ4v) is 3.71. The Bertz CT molecular complexity index is 638. The number of nitrogens with two attached hydrogens (primary N) is 1. The molecule has 0 radical (unpaired) electrons. The number of nitrogen functional groups attached to an aromatic ring is 1. The van der Waals surface area contributed by atoms with E-state index in [9.17, 15) is 13.2 Å². The van der Waals surface area contributed by atoms with Crippen molar-refractivity contribution in [3.63, 3.8) is 0 Å². The molecule has 1 unspecified atom stereocenters.